The van der Waals surface area contributed by atoms with Gasteiger partial charge in [-0.1, -0.05) is 56.9 Å². The zero-order chi connectivity index (χ0) is 21.0. The Kier molecular flexibility index (Phi) is 7.20. The van der Waals surface area contributed by atoms with Crippen molar-refractivity contribution in [2.24, 2.45) is 5.92 Å². The predicted octanol–water partition coefficient (Wildman–Crippen LogP) is 3.24. The van der Waals surface area contributed by atoms with Crippen LogP contribution < -0.4 is 4.74 Å². The molecule has 1 amide bonds. The summed E-state index contributed by atoms with van der Waals surface area (Å²) >= 11 is 6.28. The molecule has 0 aromatic heterocycles. The Bertz CT molecular complexity index is 818. The molecule has 1 aromatic rings. The molecule has 2 rings (SSSR count). The van der Waals surface area contributed by atoms with Crippen molar-refractivity contribution in [3.8, 4) is 5.75 Å². The first-order chi connectivity index (χ1) is 13.1. The fourth-order valence-electron chi connectivity index (χ4n) is 2.68. The fraction of sp³-hybridized carbons (Fsp3) is 0.368. The Morgan fingerprint density at radius 1 is 1.21 bits per heavy atom. The molecule has 0 spiro atoms. The summed E-state index contributed by atoms with van der Waals surface area (Å²) in [6.45, 7) is 5.16. The summed E-state index contributed by atoms with van der Waals surface area (Å²) in [7, 11) is 0. The molecule has 1 saturated heterocycles. The second-order valence-electron chi connectivity index (χ2n) is 6.50. The van der Waals surface area contributed by atoms with E-state index in [2.05, 4.69) is 0 Å². The van der Waals surface area contributed by atoms with Crippen LogP contribution in [0.3, 0.4) is 0 Å². The quantitative estimate of drug-likeness (QED) is 0.485. The highest BCUT2D eigenvalue weighted by Crippen LogP contribution is 2.35. The van der Waals surface area contributed by atoms with Crippen molar-refractivity contribution in [3.05, 3.63) is 34.7 Å². The summed E-state index contributed by atoms with van der Waals surface area (Å²) in [5, 5.41) is 18.5. The molecule has 150 valence electrons. The Hall–Kier alpha value is -2.39. The van der Waals surface area contributed by atoms with Crippen molar-refractivity contribution in [2.75, 3.05) is 0 Å². The molecule has 0 aliphatic carbocycles. The summed E-state index contributed by atoms with van der Waals surface area (Å²) in [5.74, 6) is -2.46. The van der Waals surface area contributed by atoms with Gasteiger partial charge in [0.25, 0.3) is 5.91 Å². The number of hydrogen-bond donors (Lipinski definition) is 2. The number of ether oxygens (including phenoxy) is 1. The largest absolute Gasteiger partial charge is 0.480 e. The molecular formula is C19H21NO6S2. The minimum Gasteiger partial charge on any atom is -0.480 e. The number of thiocarbonyl (C=S) groups is 1. The van der Waals surface area contributed by atoms with Gasteiger partial charge in [0.2, 0.25) is 0 Å². The monoisotopic (exact) mass is 423 g/mol. The number of hydrogen-bond acceptors (Lipinski definition) is 6. The van der Waals surface area contributed by atoms with Crippen molar-refractivity contribution in [3.63, 3.8) is 0 Å². The molecular weight excluding hydrogens is 402 g/mol. The van der Waals surface area contributed by atoms with E-state index in [0.29, 0.717) is 22.6 Å². The van der Waals surface area contributed by atoms with E-state index in [1.807, 2.05) is 0 Å². The van der Waals surface area contributed by atoms with E-state index in [9.17, 15) is 19.5 Å². The third-order valence-electron chi connectivity index (χ3n) is 4.09. The van der Waals surface area contributed by atoms with Gasteiger partial charge in [0.15, 0.2) is 6.10 Å². The van der Waals surface area contributed by atoms with Crippen LogP contribution in [0, 0.1) is 5.92 Å². The summed E-state index contributed by atoms with van der Waals surface area (Å²) < 4.78 is 5.62. The van der Waals surface area contributed by atoms with E-state index >= 15 is 0 Å². The van der Waals surface area contributed by atoms with Gasteiger partial charge in [-0.05, 0) is 36.1 Å². The van der Waals surface area contributed by atoms with Crippen molar-refractivity contribution >= 4 is 52.2 Å². The maximum Gasteiger partial charge on any atom is 0.344 e. The summed E-state index contributed by atoms with van der Waals surface area (Å²) in [6.07, 6.45) is 1.03. The van der Waals surface area contributed by atoms with Gasteiger partial charge < -0.3 is 14.9 Å². The number of thioether (sulfide) groups is 1. The average molecular weight is 424 g/mol. The minimum atomic E-state index is -1.10. The highest BCUT2D eigenvalue weighted by atomic mass is 32.2. The van der Waals surface area contributed by atoms with Crippen molar-refractivity contribution in [1.82, 2.24) is 4.90 Å². The lowest BCUT2D eigenvalue weighted by Crippen LogP contribution is -2.47. The minimum absolute atomic E-state index is 0.213. The lowest BCUT2D eigenvalue weighted by atomic mass is 10.0. The molecule has 7 nitrogen and oxygen atoms in total. The van der Waals surface area contributed by atoms with E-state index in [1.54, 1.807) is 51.1 Å². The van der Waals surface area contributed by atoms with E-state index in [0.717, 1.165) is 16.7 Å². The Morgan fingerprint density at radius 3 is 2.29 bits per heavy atom. The SMILES string of the molecule is CCC(Oc1ccc(/C=C2\SC(=S)N(C(C(=O)O)C(C)C)C2=O)cc1)C(=O)O. The third-order valence-corrected chi connectivity index (χ3v) is 5.42. The maximum atomic E-state index is 12.7. The molecule has 0 bridgehead atoms. The number of nitrogens with zero attached hydrogens (tertiary/aromatic N) is 1. The van der Waals surface area contributed by atoms with E-state index in [1.165, 1.54) is 0 Å². The molecule has 2 atom stereocenters. The van der Waals surface area contributed by atoms with Crippen LogP contribution in [0.4, 0.5) is 0 Å². The molecule has 0 radical (unpaired) electrons. The molecule has 2 unspecified atom stereocenters. The van der Waals surface area contributed by atoms with Crippen LogP contribution in [0.25, 0.3) is 6.08 Å². The number of carboxylic acids is 2. The van der Waals surface area contributed by atoms with E-state index in [4.69, 9.17) is 22.1 Å². The number of amides is 1. The van der Waals surface area contributed by atoms with E-state index < -0.39 is 30.0 Å². The molecule has 1 fully saturated rings. The van der Waals surface area contributed by atoms with Crippen LogP contribution in [-0.2, 0) is 14.4 Å². The number of aliphatic carboxylic acids is 2. The number of rotatable bonds is 8. The fourth-order valence-corrected chi connectivity index (χ4v) is 4.01. The van der Waals surface area contributed by atoms with Gasteiger partial charge in [-0.25, -0.2) is 9.59 Å². The van der Waals surface area contributed by atoms with Crippen LogP contribution in [-0.4, -0.2) is 49.4 Å². The van der Waals surface area contributed by atoms with Crippen molar-refractivity contribution < 1.29 is 29.3 Å². The van der Waals surface area contributed by atoms with Crippen LogP contribution in [0.2, 0.25) is 0 Å². The molecule has 1 heterocycles. The van der Waals surface area contributed by atoms with Gasteiger partial charge in [0, 0.05) is 0 Å². The normalized spacial score (nSPS) is 17.9. The zero-order valence-electron chi connectivity index (χ0n) is 15.6. The number of carboxylic acid groups (broad SMARTS) is 2. The smallest absolute Gasteiger partial charge is 0.344 e. The highest BCUT2D eigenvalue weighted by molar-refractivity contribution is 8.26. The van der Waals surface area contributed by atoms with Gasteiger partial charge in [-0.2, -0.15) is 0 Å². The van der Waals surface area contributed by atoms with Gasteiger partial charge in [0.1, 0.15) is 16.1 Å². The number of carbonyl (C=O) groups is 3. The summed E-state index contributed by atoms with van der Waals surface area (Å²) in [4.78, 5) is 36.8. The molecule has 1 aliphatic rings. The Morgan fingerprint density at radius 2 is 1.82 bits per heavy atom. The summed E-state index contributed by atoms with van der Waals surface area (Å²) in [6, 6.07) is 5.59. The maximum absolute atomic E-state index is 12.7. The van der Waals surface area contributed by atoms with Crippen LogP contribution in [0.15, 0.2) is 29.2 Å². The first-order valence-electron chi connectivity index (χ1n) is 8.65. The first kappa shape index (κ1) is 21.9. The van der Waals surface area contributed by atoms with Gasteiger partial charge in [0.05, 0.1) is 4.91 Å². The lowest BCUT2D eigenvalue weighted by molar-refractivity contribution is -0.147. The van der Waals surface area contributed by atoms with Gasteiger partial charge >= 0.3 is 11.9 Å². The number of carbonyl (C=O) groups excluding carboxylic acids is 1. The lowest BCUT2D eigenvalue weighted by Gasteiger charge is -2.26. The van der Waals surface area contributed by atoms with Gasteiger partial charge in [-0.15, -0.1) is 0 Å². The average Bonchev–Trinajstić information content (AvgIpc) is 2.88. The topological polar surface area (TPSA) is 104 Å². The van der Waals surface area contributed by atoms with Gasteiger partial charge in [-0.3, -0.25) is 9.69 Å². The van der Waals surface area contributed by atoms with Crippen molar-refractivity contribution in [1.29, 1.82) is 0 Å². The Labute approximate surface area is 172 Å². The summed E-state index contributed by atoms with van der Waals surface area (Å²) in [5.41, 5.74) is 0.688. The molecule has 2 N–H and O–H groups in total. The van der Waals surface area contributed by atoms with Crippen LogP contribution >= 0.6 is 24.0 Å². The number of benzene rings is 1. The molecule has 0 saturated carbocycles. The second kappa shape index (κ2) is 9.20. The highest BCUT2D eigenvalue weighted by Gasteiger charge is 2.41. The van der Waals surface area contributed by atoms with E-state index in [-0.39, 0.29) is 10.2 Å². The molecule has 9 heteroatoms. The van der Waals surface area contributed by atoms with Crippen LogP contribution in [0.1, 0.15) is 32.8 Å². The predicted molar refractivity (Wildman–Crippen MR) is 110 cm³/mol. The first-order valence-corrected chi connectivity index (χ1v) is 9.87. The van der Waals surface area contributed by atoms with Crippen molar-refractivity contribution in [2.45, 2.75) is 39.3 Å². The standard InChI is InChI=1S/C19H21NO6S2/c1-4-13(17(22)23)26-12-7-5-11(6-8-12)9-14-16(21)20(19(27)28-14)15(10(2)3)18(24)25/h5-10,13,15H,4H2,1-3H3,(H,22,23)(H,24,25)/b14-9-. The third kappa shape index (κ3) is 4.90. The molecule has 28 heavy (non-hydrogen) atoms. The molecule has 1 aromatic carbocycles. The second-order valence-corrected chi connectivity index (χ2v) is 8.18. The zero-order valence-corrected chi connectivity index (χ0v) is 17.3. The molecule has 1 aliphatic heterocycles. The Balaban J connectivity index is 2.20. The van der Waals surface area contributed by atoms with Crippen LogP contribution in [0.5, 0.6) is 5.75 Å².